The third-order valence-electron chi connectivity index (χ3n) is 3.89. The van der Waals surface area contributed by atoms with E-state index in [1.54, 1.807) is 0 Å². The molecule has 0 aromatic heterocycles. The van der Waals surface area contributed by atoms with Gasteiger partial charge in [-0.15, -0.1) is 0 Å². The summed E-state index contributed by atoms with van der Waals surface area (Å²) in [6.45, 7) is 5.75. The minimum absolute atomic E-state index is 0.711. The average Bonchev–Trinajstić information content (AvgIpc) is 3.19. The van der Waals surface area contributed by atoms with E-state index >= 15 is 0 Å². The minimum Gasteiger partial charge on any atom is -0.314 e. The summed E-state index contributed by atoms with van der Waals surface area (Å²) in [5.74, 6) is 1.50. The molecule has 0 aliphatic heterocycles. The molecule has 0 bridgehead atoms. The van der Waals surface area contributed by atoms with Crippen LogP contribution in [-0.2, 0) is 6.42 Å². The van der Waals surface area contributed by atoms with Gasteiger partial charge in [0.1, 0.15) is 0 Å². The Morgan fingerprint density at radius 2 is 1.95 bits per heavy atom. The lowest BCUT2D eigenvalue weighted by Gasteiger charge is -2.19. The molecule has 1 unspecified atom stereocenters. The highest BCUT2D eigenvalue weighted by atomic mass is 35.5. The molecule has 1 aromatic rings. The van der Waals surface area contributed by atoms with Gasteiger partial charge in [-0.3, -0.25) is 0 Å². The van der Waals surface area contributed by atoms with Crippen LogP contribution in [-0.4, -0.2) is 12.6 Å². The fourth-order valence-electron chi connectivity index (χ4n) is 2.44. The lowest BCUT2D eigenvalue weighted by Crippen LogP contribution is -2.26. The molecule has 0 spiro atoms. The molecule has 106 valence electrons. The molecule has 1 nitrogen and oxygen atoms in total. The molecule has 0 radical (unpaired) electrons. The maximum absolute atomic E-state index is 6.29. The van der Waals surface area contributed by atoms with Crippen molar-refractivity contribution >= 4 is 11.6 Å². The first kappa shape index (κ1) is 14.9. The highest BCUT2D eigenvalue weighted by Crippen LogP contribution is 2.24. The summed E-state index contributed by atoms with van der Waals surface area (Å²) in [6.07, 6.45) is 6.43. The van der Waals surface area contributed by atoms with E-state index in [9.17, 15) is 0 Å². The van der Waals surface area contributed by atoms with Crippen molar-refractivity contribution in [3.63, 3.8) is 0 Å². The van der Waals surface area contributed by atoms with Gasteiger partial charge in [-0.2, -0.15) is 0 Å². The fourth-order valence-corrected chi connectivity index (χ4v) is 2.65. The topological polar surface area (TPSA) is 12.0 Å². The maximum atomic E-state index is 6.29. The van der Waals surface area contributed by atoms with Crippen LogP contribution in [0.2, 0.25) is 5.02 Å². The standard InChI is InChI=1S/C17H26ClN/c1-13(2)7-8-14(12-19-16-9-10-16)11-15-5-3-4-6-17(15)18/h3-6,13-14,16,19H,7-12H2,1-2H3. The molecule has 2 rings (SSSR count). The van der Waals surface area contributed by atoms with Crippen molar-refractivity contribution in [3.8, 4) is 0 Å². The van der Waals surface area contributed by atoms with E-state index < -0.39 is 0 Å². The zero-order valence-electron chi connectivity index (χ0n) is 12.2. The van der Waals surface area contributed by atoms with Crippen molar-refractivity contribution in [1.29, 1.82) is 0 Å². The molecule has 0 heterocycles. The Kier molecular flexibility index (Phi) is 5.72. The molecule has 1 atom stereocenters. The van der Waals surface area contributed by atoms with E-state index in [0.29, 0.717) is 5.92 Å². The van der Waals surface area contributed by atoms with Crippen molar-refractivity contribution in [2.75, 3.05) is 6.54 Å². The molecule has 19 heavy (non-hydrogen) atoms. The lowest BCUT2D eigenvalue weighted by atomic mass is 9.91. The molecule has 1 aromatic carbocycles. The molecule has 1 fully saturated rings. The van der Waals surface area contributed by atoms with E-state index in [1.165, 1.54) is 31.2 Å². The molecule has 1 N–H and O–H groups in total. The van der Waals surface area contributed by atoms with Gasteiger partial charge in [0, 0.05) is 11.1 Å². The molecule has 2 heteroatoms. The molecule has 0 saturated heterocycles. The Morgan fingerprint density at radius 1 is 1.21 bits per heavy atom. The quantitative estimate of drug-likeness (QED) is 0.728. The first-order chi connectivity index (χ1) is 9.15. The maximum Gasteiger partial charge on any atom is 0.0438 e. The summed E-state index contributed by atoms with van der Waals surface area (Å²) < 4.78 is 0. The second-order valence-corrected chi connectivity index (χ2v) is 6.72. The SMILES string of the molecule is CC(C)CCC(CNC1CC1)Cc1ccccc1Cl. The predicted octanol–water partition coefficient (Wildman–Crippen LogP) is 4.69. The van der Waals surface area contributed by atoms with E-state index in [1.807, 2.05) is 12.1 Å². The smallest absolute Gasteiger partial charge is 0.0438 e. The Bertz CT molecular complexity index is 379. The molecule has 0 amide bonds. The molecular formula is C17H26ClN. The van der Waals surface area contributed by atoms with E-state index in [4.69, 9.17) is 11.6 Å². The van der Waals surface area contributed by atoms with Crippen LogP contribution in [0.3, 0.4) is 0 Å². The number of rotatable bonds is 8. The highest BCUT2D eigenvalue weighted by molar-refractivity contribution is 6.31. The monoisotopic (exact) mass is 279 g/mol. The summed E-state index contributed by atoms with van der Waals surface area (Å²) in [5.41, 5.74) is 1.30. The van der Waals surface area contributed by atoms with Gasteiger partial charge in [0.25, 0.3) is 0 Å². The van der Waals surface area contributed by atoms with Crippen LogP contribution in [0.15, 0.2) is 24.3 Å². The van der Waals surface area contributed by atoms with E-state index in [0.717, 1.165) is 29.9 Å². The number of hydrogen-bond acceptors (Lipinski definition) is 1. The predicted molar refractivity (Wildman–Crippen MR) is 83.7 cm³/mol. The largest absolute Gasteiger partial charge is 0.314 e. The van der Waals surface area contributed by atoms with Crippen molar-refractivity contribution < 1.29 is 0 Å². The van der Waals surface area contributed by atoms with Gasteiger partial charge in [-0.25, -0.2) is 0 Å². The lowest BCUT2D eigenvalue weighted by molar-refractivity contribution is 0.397. The van der Waals surface area contributed by atoms with Gasteiger partial charge >= 0.3 is 0 Å². The average molecular weight is 280 g/mol. The summed E-state index contributed by atoms with van der Waals surface area (Å²) in [6, 6.07) is 9.08. The third kappa shape index (κ3) is 5.54. The van der Waals surface area contributed by atoms with Crippen LogP contribution in [0, 0.1) is 11.8 Å². The van der Waals surface area contributed by atoms with Crippen LogP contribution < -0.4 is 5.32 Å². The van der Waals surface area contributed by atoms with Gasteiger partial charge < -0.3 is 5.32 Å². The second-order valence-electron chi connectivity index (χ2n) is 6.32. The summed E-state index contributed by atoms with van der Waals surface area (Å²) in [4.78, 5) is 0. The second kappa shape index (κ2) is 7.31. The number of halogens is 1. The van der Waals surface area contributed by atoms with Crippen LogP contribution >= 0.6 is 11.6 Å². The summed E-state index contributed by atoms with van der Waals surface area (Å²) >= 11 is 6.29. The minimum atomic E-state index is 0.711. The summed E-state index contributed by atoms with van der Waals surface area (Å²) in [7, 11) is 0. The molecule has 1 saturated carbocycles. The summed E-state index contributed by atoms with van der Waals surface area (Å²) in [5, 5.41) is 4.60. The third-order valence-corrected chi connectivity index (χ3v) is 4.26. The van der Waals surface area contributed by atoms with Gasteiger partial charge in [-0.05, 0) is 55.7 Å². The molecule has 1 aliphatic rings. The highest BCUT2D eigenvalue weighted by Gasteiger charge is 2.22. The number of nitrogens with one attached hydrogen (secondary N) is 1. The zero-order chi connectivity index (χ0) is 13.7. The zero-order valence-corrected chi connectivity index (χ0v) is 12.9. The van der Waals surface area contributed by atoms with Crippen molar-refractivity contribution in [1.82, 2.24) is 5.32 Å². The van der Waals surface area contributed by atoms with Crippen LogP contribution in [0.1, 0.15) is 45.1 Å². The Labute approximate surface area is 122 Å². The first-order valence-corrected chi connectivity index (χ1v) is 7.99. The van der Waals surface area contributed by atoms with Crippen LogP contribution in [0.5, 0.6) is 0 Å². The normalized spacial score (nSPS) is 16.8. The van der Waals surface area contributed by atoms with Crippen LogP contribution in [0.25, 0.3) is 0 Å². The van der Waals surface area contributed by atoms with Crippen molar-refractivity contribution in [2.45, 2.75) is 52.0 Å². The van der Waals surface area contributed by atoms with Gasteiger partial charge in [0.05, 0.1) is 0 Å². The van der Waals surface area contributed by atoms with E-state index in [-0.39, 0.29) is 0 Å². The van der Waals surface area contributed by atoms with Gasteiger partial charge in [-0.1, -0.05) is 50.1 Å². The van der Waals surface area contributed by atoms with E-state index in [2.05, 4.69) is 31.3 Å². The Morgan fingerprint density at radius 3 is 2.58 bits per heavy atom. The number of hydrogen-bond donors (Lipinski definition) is 1. The van der Waals surface area contributed by atoms with Gasteiger partial charge in [0.15, 0.2) is 0 Å². The Balaban J connectivity index is 1.89. The van der Waals surface area contributed by atoms with Gasteiger partial charge in [0.2, 0.25) is 0 Å². The van der Waals surface area contributed by atoms with Crippen molar-refractivity contribution in [2.24, 2.45) is 11.8 Å². The molecular weight excluding hydrogens is 254 g/mol. The first-order valence-electron chi connectivity index (χ1n) is 7.62. The van der Waals surface area contributed by atoms with Crippen molar-refractivity contribution in [3.05, 3.63) is 34.9 Å². The molecule has 1 aliphatic carbocycles. The fraction of sp³-hybridized carbons (Fsp3) is 0.647. The Hall–Kier alpha value is -0.530. The van der Waals surface area contributed by atoms with Crippen LogP contribution in [0.4, 0.5) is 0 Å². The number of benzene rings is 1.